The maximum absolute atomic E-state index is 10.6. The smallest absolute Gasteiger partial charge is 0.475 e. The number of likely N-dealkylation sites (tertiary alicyclic amines) is 1. The molecule has 2 aliphatic rings. The quantitative estimate of drug-likeness (QED) is 0.359. The van der Waals surface area contributed by atoms with Crippen molar-refractivity contribution >= 4 is 17.9 Å². The molecule has 0 aromatic carbocycles. The van der Waals surface area contributed by atoms with Gasteiger partial charge in [0.25, 0.3) is 0 Å². The van der Waals surface area contributed by atoms with E-state index in [0.717, 1.165) is 19.1 Å². The Bertz CT molecular complexity index is 1170. The lowest BCUT2D eigenvalue weighted by Gasteiger charge is -2.54. The van der Waals surface area contributed by atoms with Crippen molar-refractivity contribution in [3.8, 4) is 0 Å². The lowest BCUT2D eigenvalue weighted by atomic mass is 9.60. The average molecular weight is 679 g/mol. The number of hydrogen-bond donors (Lipinski definition) is 3. The molecule has 258 valence electrons. The van der Waals surface area contributed by atoms with Crippen molar-refractivity contribution in [2.75, 3.05) is 20.1 Å². The van der Waals surface area contributed by atoms with Gasteiger partial charge >= 0.3 is 36.4 Å². The molecule has 0 amide bonds. The highest BCUT2D eigenvalue weighted by Crippen LogP contribution is 2.51. The molecule has 3 heterocycles. The maximum Gasteiger partial charge on any atom is 0.490 e. The highest BCUT2D eigenvalue weighted by Gasteiger charge is 2.47. The molecule has 0 atom stereocenters. The number of piperidine rings is 1. The second-order valence-electron chi connectivity index (χ2n) is 10.4. The van der Waals surface area contributed by atoms with Gasteiger partial charge in [0.1, 0.15) is 0 Å². The van der Waals surface area contributed by atoms with Crippen molar-refractivity contribution in [3.63, 3.8) is 0 Å². The minimum atomic E-state index is -5.08. The van der Waals surface area contributed by atoms with Gasteiger partial charge in [-0.15, -0.1) is 0 Å². The maximum atomic E-state index is 10.6. The molecule has 2 aromatic heterocycles. The van der Waals surface area contributed by atoms with Crippen LogP contribution in [0.3, 0.4) is 0 Å². The molecule has 10 nitrogen and oxygen atoms in total. The molecular weight excluding hydrogens is 647 g/mol. The van der Waals surface area contributed by atoms with Crippen LogP contribution >= 0.6 is 0 Å². The number of aromatic nitrogens is 2. The zero-order valence-electron chi connectivity index (χ0n) is 24.1. The van der Waals surface area contributed by atoms with Gasteiger partial charge in [-0.25, -0.2) is 14.4 Å². The number of pyridine rings is 2. The van der Waals surface area contributed by atoms with Gasteiger partial charge < -0.3 is 15.3 Å². The van der Waals surface area contributed by atoms with E-state index in [1.807, 2.05) is 36.9 Å². The topological polar surface area (TPSA) is 144 Å². The monoisotopic (exact) mass is 678 g/mol. The number of hydrogen-bond acceptors (Lipinski definition) is 7. The second kappa shape index (κ2) is 17.1. The lowest BCUT2D eigenvalue weighted by Crippen LogP contribution is -2.53. The summed E-state index contributed by atoms with van der Waals surface area (Å²) >= 11 is 0. The van der Waals surface area contributed by atoms with Crippen molar-refractivity contribution in [1.29, 1.82) is 0 Å². The standard InChI is InChI=1S/C21H28N4.3C2HF3O2/c1-24(16-18-4-2-8-22-14-18)20-12-21(13-20)6-10-25(11-7-21)17-19-5-3-9-23-15-19;3*3-2(4,5)1(6)7/h2-5,8-9,14-15,20H,6-7,10-13,16-17H2,1H3;3*(H,6,7). The predicted octanol–water partition coefficient (Wildman–Crippen LogP) is 5.25. The first-order valence-corrected chi connectivity index (χ1v) is 13.2. The molecule has 0 unspecified atom stereocenters. The van der Waals surface area contributed by atoms with Crippen LogP contribution in [0.5, 0.6) is 0 Å². The van der Waals surface area contributed by atoms with Crippen LogP contribution in [0.2, 0.25) is 0 Å². The van der Waals surface area contributed by atoms with Crippen LogP contribution in [0.1, 0.15) is 36.8 Å². The fraction of sp³-hybridized carbons (Fsp3) is 0.519. The van der Waals surface area contributed by atoms with E-state index in [9.17, 15) is 39.5 Å². The molecule has 0 bridgehead atoms. The van der Waals surface area contributed by atoms with E-state index < -0.39 is 36.4 Å². The number of alkyl halides is 9. The van der Waals surface area contributed by atoms with Gasteiger partial charge in [0.15, 0.2) is 0 Å². The Labute approximate surface area is 256 Å². The number of nitrogens with zero attached hydrogens (tertiary/aromatic N) is 4. The van der Waals surface area contributed by atoms with Crippen LogP contribution in [0, 0.1) is 5.41 Å². The summed E-state index contributed by atoms with van der Waals surface area (Å²) in [5, 5.41) is 21.4. The summed E-state index contributed by atoms with van der Waals surface area (Å²) in [6.07, 6.45) is -2.13. The summed E-state index contributed by atoms with van der Waals surface area (Å²) in [5.41, 5.74) is 3.26. The van der Waals surface area contributed by atoms with Gasteiger partial charge in [-0.05, 0) is 74.5 Å². The third-order valence-corrected chi connectivity index (χ3v) is 6.89. The Hall–Kier alpha value is -4.00. The Morgan fingerprint density at radius 1 is 0.783 bits per heavy atom. The minimum Gasteiger partial charge on any atom is -0.475 e. The summed E-state index contributed by atoms with van der Waals surface area (Å²) in [5.74, 6) is -8.27. The zero-order chi connectivity index (χ0) is 35.3. The molecule has 4 rings (SSSR count). The van der Waals surface area contributed by atoms with Crippen molar-refractivity contribution in [1.82, 2.24) is 19.8 Å². The van der Waals surface area contributed by atoms with Crippen LogP contribution in [-0.2, 0) is 27.5 Å². The zero-order valence-corrected chi connectivity index (χ0v) is 24.1. The molecule has 1 saturated carbocycles. The molecule has 2 fully saturated rings. The lowest BCUT2D eigenvalue weighted by molar-refractivity contribution is -0.193. The molecule has 2 aromatic rings. The summed E-state index contributed by atoms with van der Waals surface area (Å²) in [6, 6.07) is 9.17. The van der Waals surface area contributed by atoms with Gasteiger partial charge in [-0.1, -0.05) is 12.1 Å². The SMILES string of the molecule is CN(Cc1cccnc1)C1CC2(CCN(Cc3cccnc3)CC2)C1.O=C(O)C(F)(F)F.O=C(O)C(F)(F)F.O=C(O)C(F)(F)F. The van der Waals surface area contributed by atoms with Gasteiger partial charge in [0.05, 0.1) is 0 Å². The Morgan fingerprint density at radius 2 is 1.15 bits per heavy atom. The third kappa shape index (κ3) is 14.9. The highest BCUT2D eigenvalue weighted by atomic mass is 19.4. The number of carbonyl (C=O) groups is 3. The third-order valence-electron chi connectivity index (χ3n) is 6.89. The van der Waals surface area contributed by atoms with Crippen LogP contribution in [0.25, 0.3) is 0 Å². The minimum absolute atomic E-state index is 0.610. The number of aliphatic carboxylic acids is 3. The summed E-state index contributed by atoms with van der Waals surface area (Å²) < 4.78 is 95.2. The first-order chi connectivity index (χ1) is 21.1. The van der Waals surface area contributed by atoms with Crippen LogP contribution < -0.4 is 0 Å². The summed E-state index contributed by atoms with van der Waals surface area (Å²) in [7, 11) is 2.27. The summed E-state index contributed by atoms with van der Waals surface area (Å²) in [4.78, 5) is 40.3. The molecule has 1 spiro atoms. The van der Waals surface area contributed by atoms with Crippen molar-refractivity contribution in [2.24, 2.45) is 5.41 Å². The molecule has 1 aliphatic carbocycles. The van der Waals surface area contributed by atoms with Gasteiger partial charge in [-0.3, -0.25) is 19.8 Å². The summed E-state index contributed by atoms with van der Waals surface area (Å²) in [6.45, 7) is 4.53. The first-order valence-electron chi connectivity index (χ1n) is 13.2. The van der Waals surface area contributed by atoms with Crippen molar-refractivity contribution in [3.05, 3.63) is 60.2 Å². The van der Waals surface area contributed by atoms with E-state index in [1.54, 1.807) is 0 Å². The Balaban J connectivity index is 0.000000413. The Morgan fingerprint density at radius 3 is 1.48 bits per heavy atom. The molecule has 1 saturated heterocycles. The van der Waals surface area contributed by atoms with Crippen molar-refractivity contribution < 1.29 is 69.2 Å². The fourth-order valence-corrected chi connectivity index (χ4v) is 4.50. The molecule has 0 radical (unpaired) electrons. The molecule has 19 heteroatoms. The van der Waals surface area contributed by atoms with Crippen molar-refractivity contribution in [2.45, 2.75) is 63.3 Å². The first kappa shape index (κ1) is 40.0. The molecule has 1 aliphatic heterocycles. The van der Waals surface area contributed by atoms with E-state index in [0.29, 0.717) is 5.41 Å². The van der Waals surface area contributed by atoms with Crippen LogP contribution in [-0.4, -0.2) is 97.7 Å². The fourth-order valence-electron chi connectivity index (χ4n) is 4.50. The molecule has 46 heavy (non-hydrogen) atoms. The van der Waals surface area contributed by atoms with Gasteiger partial charge in [0.2, 0.25) is 0 Å². The van der Waals surface area contributed by atoms with Crippen LogP contribution in [0.4, 0.5) is 39.5 Å². The average Bonchev–Trinajstić information content (AvgIpc) is 2.93. The van der Waals surface area contributed by atoms with E-state index in [-0.39, 0.29) is 0 Å². The Kier molecular flexibility index (Phi) is 14.8. The van der Waals surface area contributed by atoms with Gasteiger partial charge in [-0.2, -0.15) is 39.5 Å². The molecular formula is C27H31F9N4O6. The van der Waals surface area contributed by atoms with E-state index >= 15 is 0 Å². The number of halogens is 9. The van der Waals surface area contributed by atoms with Crippen LogP contribution in [0.15, 0.2) is 49.1 Å². The second-order valence-corrected chi connectivity index (χ2v) is 10.4. The molecule has 3 N–H and O–H groups in total. The van der Waals surface area contributed by atoms with E-state index in [2.05, 4.69) is 38.9 Å². The highest BCUT2D eigenvalue weighted by molar-refractivity contribution is 5.73. The van der Waals surface area contributed by atoms with E-state index in [1.165, 1.54) is 49.9 Å². The van der Waals surface area contributed by atoms with E-state index in [4.69, 9.17) is 29.7 Å². The predicted molar refractivity (Wildman–Crippen MR) is 141 cm³/mol. The largest absolute Gasteiger partial charge is 0.490 e. The number of carboxylic acid groups (broad SMARTS) is 3. The number of carboxylic acids is 3. The van der Waals surface area contributed by atoms with Gasteiger partial charge in [0, 0.05) is 43.9 Å². The normalized spacial score (nSPS) is 16.4. The number of rotatable bonds is 5.